The highest BCUT2D eigenvalue weighted by Crippen LogP contribution is 2.60. The fourth-order valence-corrected chi connectivity index (χ4v) is 5.58. The van der Waals surface area contributed by atoms with Crippen molar-refractivity contribution in [2.45, 2.75) is 57.7 Å². The third-order valence-corrected chi connectivity index (χ3v) is 6.08. The molecule has 0 atom stereocenters. The lowest BCUT2D eigenvalue weighted by Gasteiger charge is -2.55. The van der Waals surface area contributed by atoms with E-state index in [0.29, 0.717) is 12.5 Å². The first-order valence-electron chi connectivity index (χ1n) is 8.75. The van der Waals surface area contributed by atoms with Crippen molar-refractivity contribution in [2.24, 2.45) is 23.2 Å². The Morgan fingerprint density at radius 2 is 1.57 bits per heavy atom. The highest BCUT2D eigenvalue weighted by molar-refractivity contribution is 5.83. The van der Waals surface area contributed by atoms with Gasteiger partial charge in [-0.05, 0) is 62.7 Å². The van der Waals surface area contributed by atoms with Crippen molar-refractivity contribution in [3.63, 3.8) is 0 Å². The SMILES string of the molecule is O=C(NCCC1OCCCO1)C12CC3CC(CC(C3)C1)C2. The number of carbonyl (C=O) groups excluding carboxylic acids is 1. The molecule has 5 aliphatic rings. The summed E-state index contributed by atoms with van der Waals surface area (Å²) in [5.41, 5.74) is -0.0248. The number of amides is 1. The zero-order valence-electron chi connectivity index (χ0n) is 12.8. The van der Waals surface area contributed by atoms with Crippen molar-refractivity contribution in [1.82, 2.24) is 5.32 Å². The van der Waals surface area contributed by atoms with Crippen LogP contribution < -0.4 is 5.32 Å². The van der Waals surface area contributed by atoms with E-state index in [1.807, 2.05) is 0 Å². The summed E-state index contributed by atoms with van der Waals surface area (Å²) in [4.78, 5) is 12.7. The Morgan fingerprint density at radius 1 is 1.00 bits per heavy atom. The summed E-state index contributed by atoms with van der Waals surface area (Å²) in [6, 6.07) is 0. The van der Waals surface area contributed by atoms with E-state index in [2.05, 4.69) is 5.32 Å². The zero-order chi connectivity index (χ0) is 14.3. The lowest BCUT2D eigenvalue weighted by molar-refractivity contribution is -0.180. The second-order valence-electron chi connectivity index (χ2n) is 7.77. The molecule has 5 fully saturated rings. The largest absolute Gasteiger partial charge is 0.355 e. The van der Waals surface area contributed by atoms with Crippen LogP contribution in [0.5, 0.6) is 0 Å². The Hall–Kier alpha value is -0.610. The topological polar surface area (TPSA) is 47.6 Å². The molecule has 0 spiro atoms. The molecule has 1 saturated heterocycles. The van der Waals surface area contributed by atoms with Gasteiger partial charge in [-0.1, -0.05) is 0 Å². The molecule has 21 heavy (non-hydrogen) atoms. The number of hydrogen-bond donors (Lipinski definition) is 1. The maximum Gasteiger partial charge on any atom is 0.226 e. The summed E-state index contributed by atoms with van der Waals surface area (Å²) in [6.45, 7) is 2.26. The first kappa shape index (κ1) is 14.0. The van der Waals surface area contributed by atoms with Gasteiger partial charge < -0.3 is 14.8 Å². The minimum Gasteiger partial charge on any atom is -0.355 e. The molecular weight excluding hydrogens is 266 g/mol. The van der Waals surface area contributed by atoms with Gasteiger partial charge in [0.2, 0.25) is 5.91 Å². The third kappa shape index (κ3) is 2.72. The molecule has 1 aliphatic heterocycles. The number of carbonyl (C=O) groups is 1. The molecule has 4 saturated carbocycles. The van der Waals surface area contributed by atoms with E-state index in [1.165, 1.54) is 19.3 Å². The van der Waals surface area contributed by atoms with E-state index in [9.17, 15) is 4.79 Å². The monoisotopic (exact) mass is 293 g/mol. The number of nitrogens with one attached hydrogen (secondary N) is 1. The van der Waals surface area contributed by atoms with Crippen LogP contribution >= 0.6 is 0 Å². The minimum atomic E-state index is -0.115. The van der Waals surface area contributed by atoms with Crippen molar-refractivity contribution >= 4 is 5.91 Å². The molecule has 1 amide bonds. The Balaban J connectivity index is 1.30. The second-order valence-corrected chi connectivity index (χ2v) is 7.77. The van der Waals surface area contributed by atoms with Gasteiger partial charge in [0.15, 0.2) is 6.29 Å². The van der Waals surface area contributed by atoms with Crippen LogP contribution in [0.25, 0.3) is 0 Å². The van der Waals surface area contributed by atoms with Gasteiger partial charge >= 0.3 is 0 Å². The number of rotatable bonds is 4. The summed E-state index contributed by atoms with van der Waals surface area (Å²) in [6.07, 6.45) is 9.22. The van der Waals surface area contributed by atoms with Crippen molar-refractivity contribution < 1.29 is 14.3 Å². The maximum absolute atomic E-state index is 12.7. The lowest BCUT2D eigenvalue weighted by atomic mass is 9.49. The molecule has 4 aliphatic carbocycles. The molecule has 1 heterocycles. The van der Waals surface area contributed by atoms with Crippen LogP contribution in [-0.2, 0) is 14.3 Å². The van der Waals surface area contributed by atoms with Crippen LogP contribution in [-0.4, -0.2) is 32.0 Å². The highest BCUT2D eigenvalue weighted by Gasteiger charge is 2.54. The van der Waals surface area contributed by atoms with Gasteiger partial charge in [0.05, 0.1) is 13.2 Å². The van der Waals surface area contributed by atoms with Crippen molar-refractivity contribution in [1.29, 1.82) is 0 Å². The molecule has 0 unspecified atom stereocenters. The predicted molar refractivity (Wildman–Crippen MR) is 78.5 cm³/mol. The van der Waals surface area contributed by atoms with Crippen LogP contribution in [0.1, 0.15) is 51.4 Å². The molecule has 118 valence electrons. The average Bonchev–Trinajstić information content (AvgIpc) is 2.47. The van der Waals surface area contributed by atoms with E-state index in [-0.39, 0.29) is 11.7 Å². The van der Waals surface area contributed by atoms with Gasteiger partial charge in [-0.2, -0.15) is 0 Å². The van der Waals surface area contributed by atoms with Crippen LogP contribution in [0.2, 0.25) is 0 Å². The van der Waals surface area contributed by atoms with Gasteiger partial charge in [-0.25, -0.2) is 0 Å². The smallest absolute Gasteiger partial charge is 0.226 e. The van der Waals surface area contributed by atoms with Gasteiger partial charge in [0.25, 0.3) is 0 Å². The normalized spacial score (nSPS) is 42.2. The van der Waals surface area contributed by atoms with Crippen LogP contribution in [0.3, 0.4) is 0 Å². The molecule has 4 bridgehead atoms. The summed E-state index contributed by atoms with van der Waals surface area (Å²) >= 11 is 0. The molecule has 0 aromatic carbocycles. The fourth-order valence-electron chi connectivity index (χ4n) is 5.58. The van der Waals surface area contributed by atoms with Crippen LogP contribution in [0, 0.1) is 23.2 Å². The molecule has 5 rings (SSSR count). The van der Waals surface area contributed by atoms with E-state index in [1.54, 1.807) is 0 Å². The molecular formula is C17H27NO3. The van der Waals surface area contributed by atoms with Gasteiger partial charge in [0, 0.05) is 18.4 Å². The molecule has 0 aromatic rings. The summed E-state index contributed by atoms with van der Waals surface area (Å²) in [5.74, 6) is 2.79. The van der Waals surface area contributed by atoms with Crippen molar-refractivity contribution in [2.75, 3.05) is 19.8 Å². The number of ether oxygens (including phenoxy) is 2. The predicted octanol–water partition coefficient (Wildman–Crippen LogP) is 2.47. The lowest BCUT2D eigenvalue weighted by Crippen LogP contribution is -2.53. The Labute approximate surface area is 126 Å². The van der Waals surface area contributed by atoms with Crippen molar-refractivity contribution in [3.05, 3.63) is 0 Å². The van der Waals surface area contributed by atoms with Gasteiger partial charge in [0.1, 0.15) is 0 Å². The standard InChI is InChI=1S/C17H27NO3/c19-16(18-3-2-15-20-4-1-5-21-15)17-9-12-6-13(10-17)8-14(7-12)11-17/h12-15H,1-11H2,(H,18,19). The van der Waals surface area contributed by atoms with Gasteiger partial charge in [-0.15, -0.1) is 0 Å². The van der Waals surface area contributed by atoms with Crippen molar-refractivity contribution in [3.8, 4) is 0 Å². The highest BCUT2D eigenvalue weighted by atomic mass is 16.7. The van der Waals surface area contributed by atoms with E-state index in [0.717, 1.165) is 63.1 Å². The molecule has 0 radical (unpaired) electrons. The zero-order valence-corrected chi connectivity index (χ0v) is 12.8. The van der Waals surface area contributed by atoms with Gasteiger partial charge in [-0.3, -0.25) is 4.79 Å². The Kier molecular flexibility index (Phi) is 3.70. The summed E-state index contributed by atoms with van der Waals surface area (Å²) < 4.78 is 11.1. The first-order chi connectivity index (χ1) is 10.2. The summed E-state index contributed by atoms with van der Waals surface area (Å²) in [5, 5.41) is 3.19. The van der Waals surface area contributed by atoms with Crippen LogP contribution in [0.4, 0.5) is 0 Å². The minimum absolute atomic E-state index is 0.0248. The maximum atomic E-state index is 12.7. The van der Waals surface area contributed by atoms with E-state index in [4.69, 9.17) is 9.47 Å². The number of hydrogen-bond acceptors (Lipinski definition) is 3. The average molecular weight is 293 g/mol. The van der Waals surface area contributed by atoms with E-state index >= 15 is 0 Å². The summed E-state index contributed by atoms with van der Waals surface area (Å²) in [7, 11) is 0. The Bertz CT molecular complexity index is 368. The molecule has 1 N–H and O–H groups in total. The second kappa shape index (κ2) is 5.54. The molecule has 0 aromatic heterocycles. The van der Waals surface area contributed by atoms with Crippen LogP contribution in [0.15, 0.2) is 0 Å². The quantitative estimate of drug-likeness (QED) is 0.866. The molecule has 4 heteroatoms. The van der Waals surface area contributed by atoms with E-state index < -0.39 is 0 Å². The third-order valence-electron chi connectivity index (χ3n) is 6.08. The first-order valence-corrected chi connectivity index (χ1v) is 8.75. The molecule has 4 nitrogen and oxygen atoms in total. The Morgan fingerprint density at radius 3 is 2.14 bits per heavy atom. The fraction of sp³-hybridized carbons (Fsp3) is 0.941.